The van der Waals surface area contributed by atoms with Crippen molar-refractivity contribution < 1.29 is 4.79 Å². The maximum Gasteiger partial charge on any atom is 0.252 e. The highest BCUT2D eigenvalue weighted by Crippen LogP contribution is 2.29. The lowest BCUT2D eigenvalue weighted by Gasteiger charge is -2.29. The Morgan fingerprint density at radius 1 is 1.44 bits per heavy atom. The number of carbonyl (C=O) groups is 1. The number of rotatable bonds is 3. The molecular weight excluding hydrogens is 292 g/mol. The number of hydrogen-bond acceptors (Lipinski definition) is 2. The van der Waals surface area contributed by atoms with Gasteiger partial charge in [0, 0.05) is 16.6 Å². The molecule has 2 rings (SSSR count). The van der Waals surface area contributed by atoms with E-state index >= 15 is 0 Å². The first-order valence-electron chi connectivity index (χ1n) is 6.36. The van der Waals surface area contributed by atoms with Gasteiger partial charge in [0.2, 0.25) is 0 Å². The van der Waals surface area contributed by atoms with Crippen molar-refractivity contribution in [2.24, 2.45) is 5.73 Å². The highest BCUT2D eigenvalue weighted by atomic mass is 79.9. The molecule has 0 heterocycles. The Hall–Kier alpha value is -0.870. The molecule has 98 valence electrons. The Morgan fingerprint density at radius 2 is 2.11 bits per heavy atom. The van der Waals surface area contributed by atoms with Crippen molar-refractivity contribution in [3.05, 3.63) is 33.8 Å². The first-order chi connectivity index (χ1) is 8.58. The minimum Gasteiger partial charge on any atom is -0.345 e. The van der Waals surface area contributed by atoms with Crippen molar-refractivity contribution in [1.29, 1.82) is 0 Å². The van der Waals surface area contributed by atoms with E-state index in [9.17, 15) is 4.79 Å². The van der Waals surface area contributed by atoms with Crippen molar-refractivity contribution in [2.75, 3.05) is 6.54 Å². The molecule has 4 heteroatoms. The normalized spacial score (nSPS) is 17.7. The zero-order chi connectivity index (χ0) is 13.2. The van der Waals surface area contributed by atoms with Gasteiger partial charge in [-0.2, -0.15) is 0 Å². The lowest BCUT2D eigenvalue weighted by Crippen LogP contribution is -2.51. The molecule has 0 unspecified atom stereocenters. The highest BCUT2D eigenvalue weighted by molar-refractivity contribution is 9.10. The average Bonchev–Trinajstić information content (AvgIpc) is 2.81. The van der Waals surface area contributed by atoms with E-state index in [-0.39, 0.29) is 11.4 Å². The van der Waals surface area contributed by atoms with Gasteiger partial charge in [-0.15, -0.1) is 0 Å². The van der Waals surface area contributed by atoms with Gasteiger partial charge in [-0.3, -0.25) is 4.79 Å². The Labute approximate surface area is 116 Å². The van der Waals surface area contributed by atoms with Crippen LogP contribution in [0.5, 0.6) is 0 Å². The molecule has 1 aliphatic rings. The quantitative estimate of drug-likeness (QED) is 0.902. The van der Waals surface area contributed by atoms with E-state index in [1.54, 1.807) is 0 Å². The van der Waals surface area contributed by atoms with Crippen molar-refractivity contribution in [3.8, 4) is 0 Å². The molecule has 1 amide bonds. The Balaban J connectivity index is 2.19. The van der Waals surface area contributed by atoms with E-state index in [0.717, 1.165) is 41.3 Å². The van der Waals surface area contributed by atoms with Gasteiger partial charge in [0.25, 0.3) is 5.91 Å². The summed E-state index contributed by atoms with van der Waals surface area (Å²) in [5.41, 5.74) is 7.35. The van der Waals surface area contributed by atoms with E-state index < -0.39 is 0 Å². The number of amides is 1. The monoisotopic (exact) mass is 310 g/mol. The lowest BCUT2D eigenvalue weighted by atomic mass is 9.96. The fourth-order valence-electron chi connectivity index (χ4n) is 2.59. The minimum atomic E-state index is -0.189. The molecule has 1 aromatic rings. The van der Waals surface area contributed by atoms with Crippen molar-refractivity contribution in [2.45, 2.75) is 38.1 Å². The molecule has 1 aliphatic carbocycles. The van der Waals surface area contributed by atoms with E-state index in [2.05, 4.69) is 21.2 Å². The lowest BCUT2D eigenvalue weighted by molar-refractivity contribution is 0.0902. The Bertz CT molecular complexity index is 453. The van der Waals surface area contributed by atoms with Crippen LogP contribution in [0.2, 0.25) is 0 Å². The summed E-state index contributed by atoms with van der Waals surface area (Å²) in [5, 5.41) is 3.14. The summed E-state index contributed by atoms with van der Waals surface area (Å²) < 4.78 is 0.961. The maximum absolute atomic E-state index is 12.4. The van der Waals surface area contributed by atoms with Crippen molar-refractivity contribution in [1.82, 2.24) is 5.32 Å². The summed E-state index contributed by atoms with van der Waals surface area (Å²) in [6.07, 6.45) is 4.27. The van der Waals surface area contributed by atoms with Crippen LogP contribution in [0.25, 0.3) is 0 Å². The molecule has 0 bridgehead atoms. The van der Waals surface area contributed by atoms with Crippen LogP contribution in [0.15, 0.2) is 22.7 Å². The van der Waals surface area contributed by atoms with Crippen LogP contribution in [-0.2, 0) is 0 Å². The van der Waals surface area contributed by atoms with Crippen LogP contribution in [0.4, 0.5) is 0 Å². The van der Waals surface area contributed by atoms with Gasteiger partial charge >= 0.3 is 0 Å². The number of nitrogens with two attached hydrogens (primary N) is 1. The second kappa shape index (κ2) is 5.41. The summed E-state index contributed by atoms with van der Waals surface area (Å²) >= 11 is 3.45. The van der Waals surface area contributed by atoms with Gasteiger partial charge in [-0.05, 0) is 37.5 Å². The molecular formula is C14H19BrN2O. The molecule has 0 radical (unpaired) electrons. The molecule has 3 N–H and O–H groups in total. The van der Waals surface area contributed by atoms with Crippen LogP contribution in [-0.4, -0.2) is 18.0 Å². The molecule has 0 spiro atoms. The summed E-state index contributed by atoms with van der Waals surface area (Å²) in [6.45, 7) is 2.47. The van der Waals surface area contributed by atoms with E-state index in [1.165, 1.54) is 0 Å². The minimum absolute atomic E-state index is 0.0128. The molecule has 0 aromatic heterocycles. The largest absolute Gasteiger partial charge is 0.345 e. The van der Waals surface area contributed by atoms with Gasteiger partial charge in [0.05, 0.1) is 5.54 Å². The van der Waals surface area contributed by atoms with Gasteiger partial charge < -0.3 is 11.1 Å². The first-order valence-corrected chi connectivity index (χ1v) is 7.15. The number of nitrogens with one attached hydrogen (secondary N) is 1. The third-order valence-electron chi connectivity index (χ3n) is 3.84. The summed E-state index contributed by atoms with van der Waals surface area (Å²) in [4.78, 5) is 12.4. The predicted molar refractivity (Wildman–Crippen MR) is 76.6 cm³/mol. The molecule has 0 aliphatic heterocycles. The smallest absolute Gasteiger partial charge is 0.252 e. The topological polar surface area (TPSA) is 55.1 Å². The standard InChI is InChI=1S/C14H19BrN2O/c1-10-11(5-4-6-12(10)15)13(18)17-14(9-16)7-2-3-8-14/h4-6H,2-3,7-9,16H2,1H3,(H,17,18). The van der Waals surface area contributed by atoms with Gasteiger partial charge in [-0.1, -0.05) is 34.8 Å². The van der Waals surface area contributed by atoms with Crippen molar-refractivity contribution >= 4 is 21.8 Å². The van der Waals surface area contributed by atoms with Crippen LogP contribution in [0, 0.1) is 6.92 Å². The molecule has 0 saturated heterocycles. The zero-order valence-electron chi connectivity index (χ0n) is 10.6. The number of halogens is 1. The molecule has 1 aromatic carbocycles. The predicted octanol–water partition coefficient (Wildman–Crippen LogP) is 2.76. The highest BCUT2D eigenvalue weighted by Gasteiger charge is 2.34. The van der Waals surface area contributed by atoms with E-state index in [4.69, 9.17) is 5.73 Å². The van der Waals surface area contributed by atoms with Crippen LogP contribution >= 0.6 is 15.9 Å². The SMILES string of the molecule is Cc1c(Br)cccc1C(=O)NC1(CN)CCCC1. The van der Waals surface area contributed by atoms with Gasteiger partial charge in [0.15, 0.2) is 0 Å². The fourth-order valence-corrected chi connectivity index (χ4v) is 2.96. The summed E-state index contributed by atoms with van der Waals surface area (Å²) in [7, 11) is 0. The third kappa shape index (κ3) is 2.59. The molecule has 1 saturated carbocycles. The van der Waals surface area contributed by atoms with Gasteiger partial charge in [0.1, 0.15) is 0 Å². The Kier molecular flexibility index (Phi) is 4.07. The first kappa shape index (κ1) is 13.6. The third-order valence-corrected chi connectivity index (χ3v) is 4.70. The van der Waals surface area contributed by atoms with Crippen LogP contribution < -0.4 is 11.1 Å². The zero-order valence-corrected chi connectivity index (χ0v) is 12.2. The number of hydrogen-bond donors (Lipinski definition) is 2. The van der Waals surface area contributed by atoms with Crippen molar-refractivity contribution in [3.63, 3.8) is 0 Å². The molecule has 18 heavy (non-hydrogen) atoms. The van der Waals surface area contributed by atoms with Crippen LogP contribution in [0.3, 0.4) is 0 Å². The van der Waals surface area contributed by atoms with E-state index in [0.29, 0.717) is 6.54 Å². The summed E-state index contributed by atoms with van der Waals surface area (Å²) in [5.74, 6) is -0.0128. The number of carbonyl (C=O) groups excluding carboxylic acids is 1. The van der Waals surface area contributed by atoms with E-state index in [1.807, 2.05) is 25.1 Å². The van der Waals surface area contributed by atoms with Gasteiger partial charge in [-0.25, -0.2) is 0 Å². The average molecular weight is 311 g/mol. The van der Waals surface area contributed by atoms with Crippen LogP contribution in [0.1, 0.15) is 41.6 Å². The molecule has 0 atom stereocenters. The fraction of sp³-hybridized carbons (Fsp3) is 0.500. The second-order valence-corrected chi connectivity index (χ2v) is 5.91. The molecule has 3 nitrogen and oxygen atoms in total. The second-order valence-electron chi connectivity index (χ2n) is 5.06. The Morgan fingerprint density at radius 3 is 2.72 bits per heavy atom. The maximum atomic E-state index is 12.4. The summed E-state index contributed by atoms with van der Waals surface area (Å²) in [6, 6.07) is 5.69. The number of benzene rings is 1. The molecule has 1 fully saturated rings.